The number of carbonyl (C=O) groups excluding carboxylic acids is 1. The van der Waals surface area contributed by atoms with Gasteiger partial charge in [0, 0.05) is 10.9 Å². The fourth-order valence-corrected chi connectivity index (χ4v) is 3.42. The molecule has 1 amide bonds. The zero-order valence-electron chi connectivity index (χ0n) is 12.1. The summed E-state index contributed by atoms with van der Waals surface area (Å²) in [6.45, 7) is 4.48. The fraction of sp³-hybridized carbons (Fsp3) is 0.562. The smallest absolute Gasteiger partial charge is 0.230 e. The van der Waals surface area contributed by atoms with Crippen molar-refractivity contribution in [1.82, 2.24) is 5.32 Å². The van der Waals surface area contributed by atoms with Crippen molar-refractivity contribution in [3.05, 3.63) is 30.1 Å². The summed E-state index contributed by atoms with van der Waals surface area (Å²) < 4.78 is 12.8. The SMILES string of the molecule is C[C@@H]1[C@H](C)CCC[C@@H]1NC(=O)CSc1ccc(F)cc1. The van der Waals surface area contributed by atoms with Gasteiger partial charge in [-0.15, -0.1) is 11.8 Å². The van der Waals surface area contributed by atoms with E-state index in [0.29, 0.717) is 23.6 Å². The molecule has 1 aliphatic rings. The molecule has 110 valence electrons. The van der Waals surface area contributed by atoms with Crippen LogP contribution in [0.5, 0.6) is 0 Å². The maximum Gasteiger partial charge on any atom is 0.230 e. The minimum atomic E-state index is -0.246. The van der Waals surface area contributed by atoms with Crippen LogP contribution in [0.2, 0.25) is 0 Å². The summed E-state index contributed by atoms with van der Waals surface area (Å²) in [6, 6.07) is 6.56. The van der Waals surface area contributed by atoms with Crippen LogP contribution in [0.15, 0.2) is 29.2 Å². The third kappa shape index (κ3) is 4.23. The van der Waals surface area contributed by atoms with Crippen molar-refractivity contribution >= 4 is 17.7 Å². The van der Waals surface area contributed by atoms with E-state index in [0.717, 1.165) is 11.3 Å². The lowest BCUT2D eigenvalue weighted by molar-refractivity contribution is -0.119. The molecule has 3 atom stereocenters. The lowest BCUT2D eigenvalue weighted by atomic mass is 9.78. The first-order chi connectivity index (χ1) is 9.56. The highest BCUT2D eigenvalue weighted by molar-refractivity contribution is 8.00. The van der Waals surface area contributed by atoms with Crippen molar-refractivity contribution in [2.75, 3.05) is 5.75 Å². The molecule has 0 spiro atoms. The maximum absolute atomic E-state index is 12.8. The van der Waals surface area contributed by atoms with Gasteiger partial charge in [0.1, 0.15) is 5.82 Å². The summed E-state index contributed by atoms with van der Waals surface area (Å²) in [5.74, 6) is 1.44. The van der Waals surface area contributed by atoms with Crippen molar-refractivity contribution in [2.24, 2.45) is 11.8 Å². The predicted molar refractivity (Wildman–Crippen MR) is 81.2 cm³/mol. The van der Waals surface area contributed by atoms with Crippen LogP contribution >= 0.6 is 11.8 Å². The number of rotatable bonds is 4. The quantitative estimate of drug-likeness (QED) is 0.855. The third-order valence-electron chi connectivity index (χ3n) is 4.24. The van der Waals surface area contributed by atoms with E-state index >= 15 is 0 Å². The van der Waals surface area contributed by atoms with Crippen molar-refractivity contribution in [3.63, 3.8) is 0 Å². The number of nitrogens with one attached hydrogen (secondary N) is 1. The second kappa shape index (κ2) is 7.11. The van der Waals surface area contributed by atoms with Gasteiger partial charge in [-0.1, -0.05) is 26.7 Å². The van der Waals surface area contributed by atoms with Gasteiger partial charge in [-0.3, -0.25) is 4.79 Å². The highest BCUT2D eigenvalue weighted by Crippen LogP contribution is 2.29. The Balaban J connectivity index is 1.79. The first kappa shape index (κ1) is 15.4. The van der Waals surface area contributed by atoms with Gasteiger partial charge in [0.25, 0.3) is 0 Å². The van der Waals surface area contributed by atoms with Gasteiger partial charge in [0.05, 0.1) is 5.75 Å². The lowest BCUT2D eigenvalue weighted by Gasteiger charge is -2.34. The van der Waals surface area contributed by atoms with E-state index in [1.807, 2.05) is 0 Å². The standard InChI is InChI=1S/C16H22FNOS/c1-11-4-3-5-15(12(11)2)18-16(19)10-20-14-8-6-13(17)7-9-14/h6-9,11-12,15H,3-5,10H2,1-2H3,(H,18,19)/t11-,12-,15+/m1/s1. The Labute approximate surface area is 124 Å². The van der Waals surface area contributed by atoms with Gasteiger partial charge in [-0.2, -0.15) is 0 Å². The lowest BCUT2D eigenvalue weighted by Crippen LogP contribution is -2.44. The number of carbonyl (C=O) groups is 1. The average Bonchev–Trinajstić information content (AvgIpc) is 2.43. The number of hydrogen-bond acceptors (Lipinski definition) is 2. The Bertz CT molecular complexity index is 448. The Morgan fingerprint density at radius 2 is 2.00 bits per heavy atom. The minimum absolute atomic E-state index is 0.0743. The second-order valence-electron chi connectivity index (χ2n) is 5.68. The number of benzene rings is 1. The van der Waals surface area contributed by atoms with Gasteiger partial charge in [0.15, 0.2) is 0 Å². The molecule has 0 bridgehead atoms. The average molecular weight is 295 g/mol. The second-order valence-corrected chi connectivity index (χ2v) is 6.73. The predicted octanol–water partition coefficient (Wildman–Crippen LogP) is 3.86. The Hall–Kier alpha value is -1.03. The van der Waals surface area contributed by atoms with Gasteiger partial charge in [0.2, 0.25) is 5.91 Å². The van der Waals surface area contributed by atoms with Crippen LogP contribution in [-0.2, 0) is 4.79 Å². The zero-order valence-corrected chi connectivity index (χ0v) is 12.9. The summed E-state index contributed by atoms with van der Waals surface area (Å²) in [5, 5.41) is 3.15. The Kier molecular flexibility index (Phi) is 5.46. The first-order valence-electron chi connectivity index (χ1n) is 7.24. The van der Waals surface area contributed by atoms with E-state index in [1.165, 1.54) is 36.7 Å². The molecular weight excluding hydrogens is 273 g/mol. The molecule has 0 unspecified atom stereocenters. The highest BCUT2D eigenvalue weighted by Gasteiger charge is 2.27. The van der Waals surface area contributed by atoms with Crippen LogP contribution in [0.3, 0.4) is 0 Å². The molecule has 1 aromatic carbocycles. The largest absolute Gasteiger partial charge is 0.352 e. The molecule has 0 saturated heterocycles. The first-order valence-corrected chi connectivity index (χ1v) is 8.22. The van der Waals surface area contributed by atoms with E-state index in [1.54, 1.807) is 12.1 Å². The van der Waals surface area contributed by atoms with E-state index in [9.17, 15) is 9.18 Å². The molecule has 0 aromatic heterocycles. The topological polar surface area (TPSA) is 29.1 Å². The van der Waals surface area contributed by atoms with Crippen LogP contribution in [0.4, 0.5) is 4.39 Å². The van der Waals surface area contributed by atoms with Gasteiger partial charge < -0.3 is 5.32 Å². The Morgan fingerprint density at radius 1 is 1.30 bits per heavy atom. The number of amides is 1. The monoisotopic (exact) mass is 295 g/mol. The van der Waals surface area contributed by atoms with Gasteiger partial charge in [-0.25, -0.2) is 4.39 Å². The van der Waals surface area contributed by atoms with Crippen LogP contribution < -0.4 is 5.32 Å². The molecule has 2 rings (SSSR count). The molecular formula is C16H22FNOS. The molecule has 1 aromatic rings. The highest BCUT2D eigenvalue weighted by atomic mass is 32.2. The molecule has 1 N–H and O–H groups in total. The molecule has 1 fully saturated rings. The molecule has 1 saturated carbocycles. The van der Waals surface area contributed by atoms with E-state index < -0.39 is 0 Å². The van der Waals surface area contributed by atoms with Crippen molar-refractivity contribution in [1.29, 1.82) is 0 Å². The van der Waals surface area contributed by atoms with E-state index in [-0.39, 0.29) is 11.7 Å². The van der Waals surface area contributed by atoms with Gasteiger partial charge >= 0.3 is 0 Å². The van der Waals surface area contributed by atoms with Crippen LogP contribution in [0, 0.1) is 17.7 Å². The number of hydrogen-bond donors (Lipinski definition) is 1. The molecule has 1 aliphatic carbocycles. The number of halogens is 1. The summed E-state index contributed by atoms with van der Waals surface area (Å²) >= 11 is 1.45. The molecule has 20 heavy (non-hydrogen) atoms. The molecule has 0 radical (unpaired) electrons. The summed E-state index contributed by atoms with van der Waals surface area (Å²) in [6.07, 6.45) is 3.54. The maximum atomic E-state index is 12.8. The fourth-order valence-electron chi connectivity index (χ4n) is 2.71. The Morgan fingerprint density at radius 3 is 2.70 bits per heavy atom. The van der Waals surface area contributed by atoms with Crippen LogP contribution in [0.25, 0.3) is 0 Å². The summed E-state index contributed by atoms with van der Waals surface area (Å²) in [4.78, 5) is 12.9. The summed E-state index contributed by atoms with van der Waals surface area (Å²) in [5.41, 5.74) is 0. The van der Waals surface area contributed by atoms with Crippen molar-refractivity contribution in [2.45, 2.75) is 44.0 Å². The molecule has 4 heteroatoms. The minimum Gasteiger partial charge on any atom is -0.352 e. The van der Waals surface area contributed by atoms with E-state index in [4.69, 9.17) is 0 Å². The number of thioether (sulfide) groups is 1. The zero-order chi connectivity index (χ0) is 14.5. The van der Waals surface area contributed by atoms with Crippen LogP contribution in [-0.4, -0.2) is 17.7 Å². The molecule has 0 aliphatic heterocycles. The molecule has 0 heterocycles. The van der Waals surface area contributed by atoms with Crippen LogP contribution in [0.1, 0.15) is 33.1 Å². The third-order valence-corrected chi connectivity index (χ3v) is 5.25. The van der Waals surface area contributed by atoms with Crippen molar-refractivity contribution < 1.29 is 9.18 Å². The van der Waals surface area contributed by atoms with Gasteiger partial charge in [-0.05, 0) is 42.5 Å². The normalized spacial score (nSPS) is 26.2. The molecule has 2 nitrogen and oxygen atoms in total. The van der Waals surface area contributed by atoms with Crippen molar-refractivity contribution in [3.8, 4) is 0 Å². The summed E-state index contributed by atoms with van der Waals surface area (Å²) in [7, 11) is 0. The van der Waals surface area contributed by atoms with E-state index in [2.05, 4.69) is 19.2 Å².